The van der Waals surface area contributed by atoms with Crippen molar-refractivity contribution in [1.29, 1.82) is 0 Å². The Balaban J connectivity index is 1.36. The van der Waals surface area contributed by atoms with E-state index in [4.69, 9.17) is 19.4 Å². The predicted molar refractivity (Wildman–Crippen MR) is 172 cm³/mol. The first-order valence-corrected chi connectivity index (χ1v) is 16.2. The van der Waals surface area contributed by atoms with Gasteiger partial charge in [-0.3, -0.25) is 0 Å². The maximum Gasteiger partial charge on any atom is 0.335 e. The zero-order valence-electron chi connectivity index (χ0n) is 29.1. The van der Waals surface area contributed by atoms with Gasteiger partial charge in [-0.25, -0.2) is 19.2 Å². The molecule has 0 aliphatic rings. The van der Waals surface area contributed by atoms with E-state index >= 15 is 0 Å². The molecule has 51 heavy (non-hydrogen) atoms. The van der Waals surface area contributed by atoms with Crippen LogP contribution in [0.25, 0.3) is 11.0 Å². The van der Waals surface area contributed by atoms with Crippen LogP contribution in [0.2, 0.25) is 0 Å². The smallest absolute Gasteiger partial charge is 0.318 e. The topological polar surface area (TPSA) is 228 Å². The molecule has 0 fully saturated rings. The van der Waals surface area contributed by atoms with Gasteiger partial charge in [0.15, 0.2) is 0 Å². The highest BCUT2D eigenvalue weighted by Gasteiger charge is 2.34. The highest BCUT2D eigenvalue weighted by Crippen LogP contribution is 2.40. The van der Waals surface area contributed by atoms with Crippen molar-refractivity contribution in [2.24, 2.45) is 5.41 Å². The zero-order chi connectivity index (χ0) is 36.7. The van der Waals surface area contributed by atoms with E-state index in [0.29, 0.717) is 45.2 Å². The Morgan fingerprint density at radius 3 is 1.20 bits per heavy atom. The van der Waals surface area contributed by atoms with Crippen LogP contribution in [-0.4, -0.2) is 84.5 Å². The Bertz CT molecular complexity index is 1890. The molecule has 20 heteroatoms. The lowest BCUT2D eigenvalue weighted by Crippen LogP contribution is -2.32. The number of aryl methyl sites for hydroxylation is 3. The molecular formula is C31H38N12O8. The SMILES string of the molecule is Cc1nnn(OC(=O)CCC(CCC(=O)On2nnc(C)c2C)(CCC(=O)On2nnc(C)c2C)CCC(=O)On2nnc3ccccc32)c1C. The number of hydrogen-bond donors (Lipinski definition) is 0. The average molecular weight is 707 g/mol. The molecule has 0 atom stereocenters. The van der Waals surface area contributed by atoms with Crippen molar-refractivity contribution < 1.29 is 38.5 Å². The van der Waals surface area contributed by atoms with Gasteiger partial charge < -0.3 is 19.4 Å². The second-order valence-corrected chi connectivity index (χ2v) is 12.2. The van der Waals surface area contributed by atoms with E-state index in [9.17, 15) is 19.2 Å². The summed E-state index contributed by atoms with van der Waals surface area (Å²) < 4.78 is 0. The van der Waals surface area contributed by atoms with E-state index in [1.54, 1.807) is 65.8 Å². The minimum atomic E-state index is -0.992. The Morgan fingerprint density at radius 1 is 0.510 bits per heavy atom. The molecule has 4 aromatic heterocycles. The number of fused-ring (bicyclic) bond motifs is 1. The van der Waals surface area contributed by atoms with Crippen molar-refractivity contribution in [1.82, 2.24) is 60.6 Å². The number of carbonyl (C=O) groups excluding carboxylic acids is 4. The molecule has 270 valence electrons. The summed E-state index contributed by atoms with van der Waals surface area (Å²) in [6, 6.07) is 6.96. The summed E-state index contributed by atoms with van der Waals surface area (Å²) in [5.41, 5.74) is 3.41. The molecule has 0 saturated carbocycles. The summed E-state index contributed by atoms with van der Waals surface area (Å²) in [4.78, 5) is 78.3. The standard InChI is InChI=1S/C31H38N12O8/c1-19-22(4)40(36-32-19)48-27(44)11-15-31(16-12-28(45)49-41-23(5)20(2)33-37-41,17-13-29(46)50-42-24(6)21(3)34-38-42)18-14-30(47)51-43-26-10-8-7-9-25(26)35-39-43/h7-10H,11-18H2,1-6H3. The maximum absolute atomic E-state index is 13.2. The molecule has 5 rings (SSSR count). The van der Waals surface area contributed by atoms with Gasteiger partial charge in [0, 0.05) is 25.7 Å². The minimum Gasteiger partial charge on any atom is -0.318 e. The number of benzene rings is 1. The molecular weight excluding hydrogens is 668 g/mol. The van der Waals surface area contributed by atoms with E-state index in [-0.39, 0.29) is 51.4 Å². The lowest BCUT2D eigenvalue weighted by Gasteiger charge is -2.33. The van der Waals surface area contributed by atoms with E-state index in [1.807, 2.05) is 0 Å². The third kappa shape index (κ3) is 8.94. The quantitative estimate of drug-likeness (QED) is 0.131. The highest BCUT2D eigenvalue weighted by atomic mass is 16.7. The molecule has 4 heterocycles. The van der Waals surface area contributed by atoms with Crippen molar-refractivity contribution in [3.8, 4) is 0 Å². The van der Waals surface area contributed by atoms with Crippen LogP contribution in [-0.2, 0) is 19.2 Å². The van der Waals surface area contributed by atoms with Crippen molar-refractivity contribution >= 4 is 34.9 Å². The molecule has 0 unspecified atom stereocenters. The lowest BCUT2D eigenvalue weighted by atomic mass is 9.72. The molecule has 0 amide bonds. The van der Waals surface area contributed by atoms with Crippen LogP contribution in [0, 0.1) is 47.0 Å². The second kappa shape index (κ2) is 15.6. The Labute approximate surface area is 290 Å². The number of nitrogens with zero attached hydrogens (tertiary/aromatic N) is 12. The largest absolute Gasteiger partial charge is 0.335 e. The van der Waals surface area contributed by atoms with Crippen LogP contribution in [0.3, 0.4) is 0 Å². The van der Waals surface area contributed by atoms with Gasteiger partial charge in [-0.1, -0.05) is 31.5 Å². The van der Waals surface area contributed by atoms with Gasteiger partial charge in [0.25, 0.3) is 0 Å². The van der Waals surface area contributed by atoms with Crippen LogP contribution in [0.4, 0.5) is 0 Å². The average Bonchev–Trinajstić information content (AvgIpc) is 3.85. The molecule has 0 aliphatic carbocycles. The lowest BCUT2D eigenvalue weighted by molar-refractivity contribution is -0.148. The third-order valence-electron chi connectivity index (χ3n) is 8.77. The first-order valence-electron chi connectivity index (χ1n) is 16.2. The fourth-order valence-corrected chi connectivity index (χ4v) is 5.12. The first-order chi connectivity index (χ1) is 24.3. The molecule has 0 bridgehead atoms. The number of carbonyl (C=O) groups is 4. The van der Waals surface area contributed by atoms with Gasteiger partial charge in [-0.15, -0.1) is 20.4 Å². The number of para-hydroxylation sites is 1. The molecule has 5 aromatic rings. The minimum absolute atomic E-state index is 0.0939. The van der Waals surface area contributed by atoms with Crippen LogP contribution in [0.1, 0.15) is 85.5 Å². The summed E-state index contributed by atoms with van der Waals surface area (Å²) in [5, 5.41) is 31.1. The monoisotopic (exact) mass is 706 g/mol. The van der Waals surface area contributed by atoms with Crippen molar-refractivity contribution in [2.75, 3.05) is 0 Å². The summed E-state index contributed by atoms with van der Waals surface area (Å²) in [7, 11) is 0. The Kier molecular flexibility index (Phi) is 11.1. The van der Waals surface area contributed by atoms with Gasteiger partial charge >= 0.3 is 23.9 Å². The van der Waals surface area contributed by atoms with E-state index < -0.39 is 29.3 Å². The van der Waals surface area contributed by atoms with Crippen molar-refractivity contribution in [3.63, 3.8) is 0 Å². The molecule has 20 nitrogen and oxygen atoms in total. The molecule has 1 aromatic carbocycles. The van der Waals surface area contributed by atoms with Gasteiger partial charge in [0.1, 0.15) is 28.1 Å². The maximum atomic E-state index is 13.2. The van der Waals surface area contributed by atoms with Crippen LogP contribution >= 0.6 is 0 Å². The van der Waals surface area contributed by atoms with E-state index in [0.717, 1.165) is 19.4 Å². The summed E-state index contributed by atoms with van der Waals surface area (Å²) >= 11 is 0. The molecule has 0 saturated heterocycles. The van der Waals surface area contributed by atoms with Gasteiger partial charge in [0.2, 0.25) is 0 Å². The van der Waals surface area contributed by atoms with E-state index in [2.05, 4.69) is 41.2 Å². The number of rotatable bonds is 16. The van der Waals surface area contributed by atoms with E-state index in [1.165, 1.54) is 0 Å². The normalized spacial score (nSPS) is 11.5. The Morgan fingerprint density at radius 2 is 0.843 bits per heavy atom. The summed E-state index contributed by atoms with van der Waals surface area (Å²) in [6.45, 7) is 10.3. The van der Waals surface area contributed by atoms with Gasteiger partial charge in [-0.05, 0) is 106 Å². The zero-order valence-corrected chi connectivity index (χ0v) is 29.1. The first kappa shape index (κ1) is 36.2. The fourth-order valence-electron chi connectivity index (χ4n) is 5.12. The van der Waals surface area contributed by atoms with Gasteiger partial charge in [-0.2, -0.15) is 0 Å². The van der Waals surface area contributed by atoms with Crippen molar-refractivity contribution in [2.45, 2.75) is 92.9 Å². The number of hydrogen-bond acceptors (Lipinski definition) is 16. The molecule has 0 radical (unpaired) electrons. The summed E-state index contributed by atoms with van der Waals surface area (Å²) in [5.74, 6) is -2.58. The van der Waals surface area contributed by atoms with Crippen LogP contribution in [0.15, 0.2) is 24.3 Å². The van der Waals surface area contributed by atoms with Crippen LogP contribution < -0.4 is 19.4 Å². The molecule has 0 N–H and O–H groups in total. The highest BCUT2D eigenvalue weighted by molar-refractivity contribution is 5.76. The Hall–Kier alpha value is -6.08. The molecule has 0 aliphatic heterocycles. The molecule has 0 spiro atoms. The third-order valence-corrected chi connectivity index (χ3v) is 8.77. The fraction of sp³-hybridized carbons (Fsp3) is 0.484. The second-order valence-electron chi connectivity index (χ2n) is 12.2. The van der Waals surface area contributed by atoms with Gasteiger partial charge in [0.05, 0.1) is 17.1 Å². The summed E-state index contributed by atoms with van der Waals surface area (Å²) in [6.07, 6.45) is -0.255. The van der Waals surface area contributed by atoms with Crippen LogP contribution in [0.5, 0.6) is 0 Å². The number of aromatic nitrogens is 12. The predicted octanol–water partition coefficient (Wildman–Crippen LogP) is 1.08. The van der Waals surface area contributed by atoms with Crippen molar-refractivity contribution in [3.05, 3.63) is 58.4 Å².